The van der Waals surface area contributed by atoms with Gasteiger partial charge in [0.1, 0.15) is 23.2 Å². The number of amides is 1. The summed E-state index contributed by atoms with van der Waals surface area (Å²) < 4.78 is 17.0. The van der Waals surface area contributed by atoms with E-state index in [0.717, 1.165) is 6.42 Å². The van der Waals surface area contributed by atoms with Gasteiger partial charge < -0.3 is 34.8 Å². The zero-order chi connectivity index (χ0) is 32.1. The first-order valence-corrected chi connectivity index (χ1v) is 15.5. The van der Waals surface area contributed by atoms with Crippen molar-refractivity contribution in [2.45, 2.75) is 97.6 Å². The molecule has 1 aliphatic rings. The number of cyclic esters (lactones) is 1. The van der Waals surface area contributed by atoms with Gasteiger partial charge in [-0.1, -0.05) is 65.3 Å². The van der Waals surface area contributed by atoms with E-state index in [-0.39, 0.29) is 35.6 Å². The highest BCUT2D eigenvalue weighted by Crippen LogP contribution is 2.33. The van der Waals surface area contributed by atoms with Gasteiger partial charge in [-0.15, -0.1) is 0 Å². The molecule has 0 bridgehead atoms. The van der Waals surface area contributed by atoms with Crippen molar-refractivity contribution in [1.29, 1.82) is 0 Å². The average molecular weight is 604 g/mol. The van der Waals surface area contributed by atoms with Crippen molar-refractivity contribution in [3.63, 3.8) is 0 Å². The third-order valence-corrected chi connectivity index (χ3v) is 8.56. The number of hydrogen-bond donors (Lipinski definition) is 4. The van der Waals surface area contributed by atoms with Gasteiger partial charge in [0.25, 0.3) is 0 Å². The second-order valence-corrected chi connectivity index (χ2v) is 11.9. The molecule has 0 aliphatic carbocycles. The highest BCUT2D eigenvalue weighted by atomic mass is 16.5. The summed E-state index contributed by atoms with van der Waals surface area (Å²) in [7, 11) is 3.01. The molecule has 0 saturated carbocycles. The lowest BCUT2D eigenvalue weighted by Crippen LogP contribution is -2.37. The largest absolute Gasteiger partial charge is 0.497 e. The summed E-state index contributed by atoms with van der Waals surface area (Å²) in [5, 5.41) is 35.0. The Morgan fingerprint density at radius 3 is 2.47 bits per heavy atom. The molecule has 242 valence electrons. The van der Waals surface area contributed by atoms with Crippen molar-refractivity contribution < 1.29 is 39.1 Å². The number of esters is 1. The molecule has 9 heteroatoms. The molecule has 1 aromatic rings. The van der Waals surface area contributed by atoms with E-state index in [0.29, 0.717) is 49.3 Å². The summed E-state index contributed by atoms with van der Waals surface area (Å²) in [5.74, 6) is -0.980. The van der Waals surface area contributed by atoms with Gasteiger partial charge in [-0.3, -0.25) is 4.79 Å². The second-order valence-electron chi connectivity index (χ2n) is 11.9. The normalized spacial score (nSPS) is 23.9. The molecule has 43 heavy (non-hydrogen) atoms. The third-order valence-electron chi connectivity index (χ3n) is 8.56. The molecule has 1 aliphatic heterocycles. The summed E-state index contributed by atoms with van der Waals surface area (Å²) in [6, 6.07) is 3.36. The van der Waals surface area contributed by atoms with Gasteiger partial charge in [0, 0.05) is 24.9 Å². The van der Waals surface area contributed by atoms with Crippen LogP contribution >= 0.6 is 0 Å². The van der Waals surface area contributed by atoms with E-state index in [4.69, 9.17) is 14.2 Å². The topological polar surface area (TPSA) is 135 Å². The van der Waals surface area contributed by atoms with Crippen LogP contribution in [0.25, 0.3) is 0 Å². The van der Waals surface area contributed by atoms with Crippen LogP contribution in [-0.4, -0.2) is 72.4 Å². The number of rotatable bonds is 13. The van der Waals surface area contributed by atoms with Gasteiger partial charge in [-0.25, -0.2) is 4.79 Å². The molecule has 4 N–H and O–H groups in total. The summed E-state index contributed by atoms with van der Waals surface area (Å²) in [6.07, 6.45) is 8.28. The van der Waals surface area contributed by atoms with Crippen LogP contribution in [0, 0.1) is 23.7 Å². The van der Waals surface area contributed by atoms with Crippen molar-refractivity contribution in [3.05, 3.63) is 47.6 Å². The molecule has 8 atom stereocenters. The number of carbonyl (C=O) groups is 2. The van der Waals surface area contributed by atoms with Crippen molar-refractivity contribution in [2.75, 3.05) is 20.8 Å². The molecule has 0 aromatic heterocycles. The number of ether oxygens (including phenoxy) is 3. The van der Waals surface area contributed by atoms with Crippen LogP contribution in [0.1, 0.15) is 82.6 Å². The Bertz CT molecular complexity index is 1090. The van der Waals surface area contributed by atoms with E-state index in [2.05, 4.69) is 5.32 Å². The van der Waals surface area contributed by atoms with Gasteiger partial charge in [-0.2, -0.15) is 0 Å². The first-order chi connectivity index (χ1) is 20.4. The van der Waals surface area contributed by atoms with Gasteiger partial charge in [-0.05, 0) is 49.1 Å². The lowest BCUT2D eigenvalue weighted by atomic mass is 9.85. The number of carbonyl (C=O) groups excluding carboxylic acids is 2. The van der Waals surface area contributed by atoms with Gasteiger partial charge in [0.05, 0.1) is 38.4 Å². The molecule has 1 heterocycles. The number of allylic oxidation sites excluding steroid dienone is 2. The number of methoxy groups -OCH3 is 2. The Morgan fingerprint density at radius 1 is 1.12 bits per heavy atom. The van der Waals surface area contributed by atoms with Crippen molar-refractivity contribution in [2.24, 2.45) is 23.7 Å². The van der Waals surface area contributed by atoms with E-state index < -0.39 is 36.3 Å². The molecule has 0 radical (unpaired) electrons. The van der Waals surface area contributed by atoms with Gasteiger partial charge in [0.15, 0.2) is 0 Å². The fourth-order valence-corrected chi connectivity index (χ4v) is 5.32. The number of nitrogens with one attached hydrogen (secondary N) is 1. The van der Waals surface area contributed by atoms with Gasteiger partial charge >= 0.3 is 5.97 Å². The van der Waals surface area contributed by atoms with E-state index >= 15 is 0 Å². The lowest BCUT2D eigenvalue weighted by molar-refractivity contribution is -0.127. The fourth-order valence-electron chi connectivity index (χ4n) is 5.32. The molecule has 2 rings (SSSR count). The number of aliphatic hydroxyl groups is 3. The molecule has 0 fully saturated rings. The van der Waals surface area contributed by atoms with Crippen molar-refractivity contribution in [3.8, 4) is 11.5 Å². The first-order valence-electron chi connectivity index (χ1n) is 15.5. The minimum atomic E-state index is -0.763. The maximum atomic E-state index is 13.6. The van der Waals surface area contributed by atoms with Crippen molar-refractivity contribution >= 4 is 11.9 Å². The molecule has 1 amide bonds. The predicted octanol–water partition coefficient (Wildman–Crippen LogP) is 4.61. The second kappa shape index (κ2) is 18.0. The summed E-state index contributed by atoms with van der Waals surface area (Å²) in [4.78, 5) is 25.9. The standard InChI is InChI=1S/C34H53NO8/c1-8-13-27(36)23(4)33(39)35-17-12-11-15-22(3)32(38)24(5)29-16-10-9-14-21(2)28(37)19-25-18-26(41-6)20-30(42-7)31(25)34(40)43-29/h9-12,18,20-24,27-29,32,36-38H,8,13-17,19H2,1-7H3,(H,35,39)/b10-9-,12-11-/t21-,22+,23+,24+,27-,28+,29-,32+/m0/s1. The minimum absolute atomic E-state index is 0.0422. The van der Waals surface area contributed by atoms with Crippen LogP contribution < -0.4 is 14.8 Å². The number of aliphatic hydroxyl groups excluding tert-OH is 3. The van der Waals surface area contributed by atoms with Crippen LogP contribution in [0.4, 0.5) is 0 Å². The predicted molar refractivity (Wildman–Crippen MR) is 167 cm³/mol. The van der Waals surface area contributed by atoms with Crippen LogP contribution in [0.3, 0.4) is 0 Å². The molecule has 0 unspecified atom stereocenters. The zero-order valence-corrected chi connectivity index (χ0v) is 26.9. The molecule has 0 spiro atoms. The summed E-state index contributed by atoms with van der Waals surface area (Å²) >= 11 is 0. The smallest absolute Gasteiger partial charge is 0.342 e. The quantitative estimate of drug-likeness (QED) is 0.190. The molecule has 1 aromatic carbocycles. The Kier molecular flexibility index (Phi) is 15.2. The molecule has 9 nitrogen and oxygen atoms in total. The minimum Gasteiger partial charge on any atom is -0.497 e. The van der Waals surface area contributed by atoms with Crippen LogP contribution in [-0.2, 0) is 16.0 Å². The Morgan fingerprint density at radius 2 is 1.81 bits per heavy atom. The SMILES string of the molecule is CCC[C@H](O)[C@@H](C)C(=O)NC/C=C\C[C@@H](C)[C@@H](O)[C@H](C)[C@@H]1C/C=C\C[C@H](C)[C@H](O)Cc2cc(OC)cc(OC)c2C(=O)O1. The number of hydrogen-bond acceptors (Lipinski definition) is 8. The fraction of sp³-hybridized carbons (Fsp3) is 0.647. The molecule has 0 saturated heterocycles. The number of benzene rings is 1. The van der Waals surface area contributed by atoms with E-state index in [9.17, 15) is 24.9 Å². The summed E-state index contributed by atoms with van der Waals surface area (Å²) in [6.45, 7) is 9.81. The van der Waals surface area contributed by atoms with Crippen LogP contribution in [0.5, 0.6) is 11.5 Å². The van der Waals surface area contributed by atoms with E-state index in [1.165, 1.54) is 14.2 Å². The lowest BCUT2D eigenvalue weighted by Gasteiger charge is -2.31. The molecular weight excluding hydrogens is 550 g/mol. The summed E-state index contributed by atoms with van der Waals surface area (Å²) in [5.41, 5.74) is 0.831. The number of fused-ring (bicyclic) bond motifs is 1. The highest BCUT2D eigenvalue weighted by Gasteiger charge is 2.33. The maximum absolute atomic E-state index is 13.6. The zero-order valence-electron chi connectivity index (χ0n) is 26.9. The Hall–Kier alpha value is -2.88. The molecular formula is C34H53NO8. The maximum Gasteiger partial charge on any atom is 0.342 e. The van der Waals surface area contributed by atoms with Crippen LogP contribution in [0.2, 0.25) is 0 Å². The van der Waals surface area contributed by atoms with E-state index in [1.807, 2.05) is 52.0 Å². The Balaban J connectivity index is 2.14. The highest BCUT2D eigenvalue weighted by molar-refractivity contribution is 5.95. The third kappa shape index (κ3) is 10.7. The van der Waals surface area contributed by atoms with Crippen molar-refractivity contribution in [1.82, 2.24) is 5.32 Å². The van der Waals surface area contributed by atoms with E-state index in [1.54, 1.807) is 19.1 Å². The van der Waals surface area contributed by atoms with Crippen LogP contribution in [0.15, 0.2) is 36.4 Å². The average Bonchev–Trinajstić information content (AvgIpc) is 2.99. The Labute approximate surface area is 257 Å². The monoisotopic (exact) mass is 603 g/mol. The first kappa shape index (κ1) is 36.3. The van der Waals surface area contributed by atoms with Gasteiger partial charge in [0.2, 0.25) is 5.91 Å².